The van der Waals surface area contributed by atoms with Gasteiger partial charge >= 0.3 is 51.4 Å². The largest absolute Gasteiger partial charge is 1.00 e. The normalized spacial score (nSPS) is 11.8. The molecule has 0 fully saturated rings. The van der Waals surface area contributed by atoms with Crippen molar-refractivity contribution in [2.24, 2.45) is 0 Å². The van der Waals surface area contributed by atoms with Gasteiger partial charge in [0.1, 0.15) is 11.5 Å². The van der Waals surface area contributed by atoms with Gasteiger partial charge in [-0.2, -0.15) is 0 Å². The minimum Gasteiger partial charge on any atom is -0.497 e. The van der Waals surface area contributed by atoms with Crippen molar-refractivity contribution in [2.75, 3.05) is 14.2 Å². The Morgan fingerprint density at radius 3 is 2.64 bits per heavy atom. The van der Waals surface area contributed by atoms with Crippen LogP contribution in [0.25, 0.3) is 11.0 Å². The first kappa shape index (κ1) is 20.5. The minimum absolute atomic E-state index is 0. The van der Waals surface area contributed by atoms with Crippen molar-refractivity contribution in [2.45, 2.75) is 24.8 Å². The molecule has 2 aromatic heterocycles. The van der Waals surface area contributed by atoms with Crippen molar-refractivity contribution in [1.82, 2.24) is 15.0 Å². The van der Waals surface area contributed by atoms with Crippen molar-refractivity contribution in [1.29, 1.82) is 0 Å². The maximum Gasteiger partial charge on any atom is 1.00 e. The number of methoxy groups -OCH3 is 2. The molecule has 0 unspecified atom stereocenters. The average molecular weight is 384 g/mol. The van der Waals surface area contributed by atoms with Crippen LogP contribution < -0.4 is 65.8 Å². The molecule has 0 N–H and O–H groups in total. The summed E-state index contributed by atoms with van der Waals surface area (Å²) in [6, 6.07) is 5.39. The van der Waals surface area contributed by atoms with Gasteiger partial charge in [-0.1, -0.05) is 6.07 Å². The molecule has 25 heavy (non-hydrogen) atoms. The van der Waals surface area contributed by atoms with E-state index in [0.29, 0.717) is 21.9 Å². The van der Waals surface area contributed by atoms with Gasteiger partial charge < -0.3 is 19.4 Å². The number of rotatable bonds is 5. The monoisotopic (exact) mass is 383 g/mol. The fourth-order valence-corrected chi connectivity index (χ4v) is 3.62. The van der Waals surface area contributed by atoms with Gasteiger partial charge in [0.25, 0.3) is 0 Å². The van der Waals surface area contributed by atoms with Gasteiger partial charge in [-0.3, -0.25) is 9.19 Å². The Morgan fingerprint density at radius 1 is 1.20 bits per heavy atom. The van der Waals surface area contributed by atoms with Gasteiger partial charge in [0.2, 0.25) is 0 Å². The number of imidazole rings is 1. The predicted molar refractivity (Wildman–Crippen MR) is 92.0 cm³/mol. The van der Waals surface area contributed by atoms with Crippen molar-refractivity contribution < 1.29 is 65.1 Å². The third kappa shape index (κ3) is 4.32. The zero-order chi connectivity index (χ0) is 17.3. The quantitative estimate of drug-likeness (QED) is 0.555. The van der Waals surface area contributed by atoms with Crippen LogP contribution in [-0.4, -0.2) is 28.4 Å². The fourth-order valence-electron chi connectivity index (χ4n) is 2.55. The summed E-state index contributed by atoms with van der Waals surface area (Å²) in [6.45, 7) is 3.85. The van der Waals surface area contributed by atoms with Crippen molar-refractivity contribution >= 4 is 21.8 Å². The van der Waals surface area contributed by atoms with Crippen LogP contribution in [0, 0.1) is 13.8 Å². The number of pyridine rings is 1. The Balaban J connectivity index is 0.00000225. The van der Waals surface area contributed by atoms with Crippen molar-refractivity contribution in [3.8, 4) is 11.5 Å². The Bertz CT molecular complexity index is 927. The maximum absolute atomic E-state index is 12.6. The Hall–Kier alpha value is -0.774. The summed E-state index contributed by atoms with van der Waals surface area (Å²) in [4.78, 5) is 13.1. The van der Waals surface area contributed by atoms with Gasteiger partial charge in [-0.25, -0.2) is 0 Å². The maximum atomic E-state index is 12.6. The van der Waals surface area contributed by atoms with Gasteiger partial charge in [-0.15, -0.1) is 0 Å². The second-order valence-electron chi connectivity index (χ2n) is 5.40. The second kappa shape index (κ2) is 8.74. The molecule has 8 heteroatoms. The van der Waals surface area contributed by atoms with E-state index >= 15 is 0 Å². The Morgan fingerprint density at radius 2 is 1.96 bits per heavy atom. The standard InChI is InChI=1S/C17H18N3O3S.K/c1-10-8-18-15(11(2)16(10)23-4)9-24(21)17-19-13-6-5-12(22-3)7-14(13)20-17;/h5-8H,9H2,1-4H3;/q-1;+1/t24-;/m0./s1. The first-order valence-corrected chi connectivity index (χ1v) is 8.71. The first-order valence-electron chi connectivity index (χ1n) is 7.39. The molecule has 3 aromatic rings. The van der Waals surface area contributed by atoms with Crippen LogP contribution in [0.15, 0.2) is 29.6 Å². The summed E-state index contributed by atoms with van der Waals surface area (Å²) in [5.41, 5.74) is 3.94. The summed E-state index contributed by atoms with van der Waals surface area (Å²) >= 11 is 0. The zero-order valence-corrected chi connectivity index (χ0v) is 18.9. The number of aromatic nitrogens is 3. The minimum atomic E-state index is -1.38. The number of ether oxygens (including phenoxy) is 2. The molecule has 0 aliphatic heterocycles. The number of benzene rings is 1. The number of hydrogen-bond donors (Lipinski definition) is 0. The number of nitrogens with zero attached hydrogens (tertiary/aromatic N) is 3. The van der Waals surface area contributed by atoms with Crippen LogP contribution >= 0.6 is 0 Å². The summed E-state index contributed by atoms with van der Waals surface area (Å²) in [5, 5.41) is 0.305. The number of fused-ring (bicyclic) bond motifs is 1. The van der Waals surface area contributed by atoms with E-state index < -0.39 is 10.8 Å². The molecule has 0 bridgehead atoms. The molecule has 126 valence electrons. The molecule has 0 radical (unpaired) electrons. The van der Waals surface area contributed by atoms with E-state index in [1.807, 2.05) is 13.8 Å². The molecule has 1 atom stereocenters. The Labute approximate surface area is 191 Å². The molecule has 3 rings (SSSR count). The summed E-state index contributed by atoms with van der Waals surface area (Å²) in [7, 11) is 1.83. The van der Waals surface area contributed by atoms with E-state index in [9.17, 15) is 4.21 Å². The van der Waals surface area contributed by atoms with E-state index in [1.54, 1.807) is 38.6 Å². The van der Waals surface area contributed by atoms with E-state index in [2.05, 4.69) is 15.0 Å². The molecule has 2 heterocycles. The van der Waals surface area contributed by atoms with Gasteiger partial charge in [0, 0.05) is 22.5 Å². The number of hydrogen-bond acceptors (Lipinski definition) is 5. The SMILES string of the molecule is COc1ccc2[n-]c([S@@](=O)Cc3ncc(C)c(OC)c3C)nc2c1.[K+]. The number of aryl methyl sites for hydroxylation is 1. The van der Waals surface area contributed by atoms with Crippen LogP contribution in [0.2, 0.25) is 0 Å². The van der Waals surface area contributed by atoms with E-state index in [1.165, 1.54) is 0 Å². The van der Waals surface area contributed by atoms with Crippen LogP contribution in [0.3, 0.4) is 0 Å². The topological polar surface area (TPSA) is 75.4 Å². The van der Waals surface area contributed by atoms with E-state index in [0.717, 1.165) is 22.6 Å². The van der Waals surface area contributed by atoms with Gasteiger partial charge in [0.05, 0.1) is 36.5 Å². The molecule has 0 amide bonds. The molecule has 0 aliphatic rings. The smallest absolute Gasteiger partial charge is 0.497 e. The molecule has 6 nitrogen and oxygen atoms in total. The molecule has 1 aromatic carbocycles. The van der Waals surface area contributed by atoms with E-state index in [-0.39, 0.29) is 57.1 Å². The Kier molecular flexibility index (Phi) is 7.18. The first-order chi connectivity index (χ1) is 11.5. The predicted octanol–water partition coefficient (Wildman–Crippen LogP) is -0.467. The molecule has 0 saturated carbocycles. The van der Waals surface area contributed by atoms with Crippen LogP contribution in [0.5, 0.6) is 11.5 Å². The van der Waals surface area contributed by atoms with Crippen LogP contribution in [-0.2, 0) is 16.6 Å². The zero-order valence-electron chi connectivity index (χ0n) is 15.0. The van der Waals surface area contributed by atoms with Crippen LogP contribution in [0.1, 0.15) is 16.8 Å². The third-order valence-corrected chi connectivity index (χ3v) is 4.96. The van der Waals surface area contributed by atoms with Crippen molar-refractivity contribution in [3.05, 3.63) is 41.2 Å². The molecular formula is C17H18KN3O3S. The van der Waals surface area contributed by atoms with Crippen molar-refractivity contribution in [3.63, 3.8) is 0 Å². The summed E-state index contributed by atoms with van der Waals surface area (Å²) in [6.07, 6.45) is 1.73. The van der Waals surface area contributed by atoms with Gasteiger partial charge in [0.15, 0.2) is 0 Å². The summed E-state index contributed by atoms with van der Waals surface area (Å²) < 4.78 is 23.2. The molecule has 0 saturated heterocycles. The van der Waals surface area contributed by atoms with E-state index in [4.69, 9.17) is 9.47 Å². The molecular weight excluding hydrogens is 365 g/mol. The average Bonchev–Trinajstić information content (AvgIpc) is 3.01. The fraction of sp³-hybridized carbons (Fsp3) is 0.294. The third-order valence-electron chi connectivity index (χ3n) is 3.84. The molecule has 0 aliphatic carbocycles. The van der Waals surface area contributed by atoms with Crippen LogP contribution in [0.4, 0.5) is 0 Å². The molecule has 0 spiro atoms. The second-order valence-corrected chi connectivity index (χ2v) is 6.74. The summed E-state index contributed by atoms with van der Waals surface area (Å²) in [5.74, 6) is 1.71. The van der Waals surface area contributed by atoms with Gasteiger partial charge in [-0.05, 0) is 37.0 Å².